The van der Waals surface area contributed by atoms with Crippen molar-refractivity contribution in [2.75, 3.05) is 20.2 Å². The fourth-order valence-electron chi connectivity index (χ4n) is 2.44. The molecule has 0 spiro atoms. The number of aliphatic hydroxyl groups is 1. The third kappa shape index (κ3) is 2.49. The topological polar surface area (TPSA) is 43.8 Å². The molecule has 1 amide bonds. The molecule has 0 aromatic rings. The van der Waals surface area contributed by atoms with Crippen LogP contribution in [0.2, 0.25) is 0 Å². The Kier molecular flexibility index (Phi) is 4.11. The Morgan fingerprint density at radius 2 is 2.13 bits per heavy atom. The number of aliphatic hydroxyl groups excluding tert-OH is 1. The molecule has 0 radical (unpaired) electrons. The minimum Gasteiger partial charge on any atom is -0.396 e. The Balaban J connectivity index is 2.79. The molecule has 0 saturated carbocycles. The van der Waals surface area contributed by atoms with Crippen LogP contribution in [0.5, 0.6) is 0 Å². The summed E-state index contributed by atoms with van der Waals surface area (Å²) in [7, 11) is 1.95. The van der Waals surface area contributed by atoms with Gasteiger partial charge in [0.15, 0.2) is 0 Å². The van der Waals surface area contributed by atoms with Crippen LogP contribution in [0, 0.1) is 0 Å². The van der Waals surface area contributed by atoms with E-state index in [4.69, 9.17) is 5.11 Å². The lowest BCUT2D eigenvalue weighted by Gasteiger charge is -2.45. The Bertz CT molecular complexity index is 231. The van der Waals surface area contributed by atoms with Gasteiger partial charge in [0.05, 0.1) is 6.04 Å². The van der Waals surface area contributed by atoms with Crippen molar-refractivity contribution < 1.29 is 9.90 Å². The third-order valence-corrected chi connectivity index (χ3v) is 3.06. The zero-order chi connectivity index (χ0) is 11.6. The number of amides is 1. The van der Waals surface area contributed by atoms with Crippen molar-refractivity contribution >= 4 is 5.91 Å². The van der Waals surface area contributed by atoms with Crippen molar-refractivity contribution in [3.8, 4) is 0 Å². The molecular weight excluding hydrogens is 192 g/mol. The molecule has 0 aromatic heterocycles. The number of nitrogens with zero attached hydrogens (tertiary/aromatic N) is 2. The van der Waals surface area contributed by atoms with Gasteiger partial charge in [-0.2, -0.15) is 0 Å². The van der Waals surface area contributed by atoms with E-state index in [9.17, 15) is 4.79 Å². The Hall–Kier alpha value is -0.610. The minimum absolute atomic E-state index is 0.0705. The fraction of sp³-hybridized carbons (Fsp3) is 0.909. The van der Waals surface area contributed by atoms with Crippen LogP contribution in [0.25, 0.3) is 0 Å². The van der Waals surface area contributed by atoms with Gasteiger partial charge in [0, 0.05) is 25.2 Å². The van der Waals surface area contributed by atoms with Gasteiger partial charge in [0.2, 0.25) is 5.91 Å². The average Bonchev–Trinajstić information content (AvgIpc) is 2.11. The standard InChI is InChI=1S/C11H22N2O2/c1-8(2)13-9(3)7-12(4)10(5-6-14)11(13)15/h8-10,14H,5-7H2,1-4H3. The SMILES string of the molecule is CC(C)N1C(=O)C(CCO)N(C)CC1C. The van der Waals surface area contributed by atoms with E-state index in [1.54, 1.807) is 0 Å². The smallest absolute Gasteiger partial charge is 0.240 e. The second-order valence-corrected chi connectivity index (χ2v) is 4.66. The summed E-state index contributed by atoms with van der Waals surface area (Å²) in [5, 5.41) is 8.95. The first-order chi connectivity index (χ1) is 6.99. The highest BCUT2D eigenvalue weighted by atomic mass is 16.3. The molecule has 0 aliphatic carbocycles. The van der Waals surface area contributed by atoms with Crippen LogP contribution >= 0.6 is 0 Å². The number of carbonyl (C=O) groups is 1. The highest BCUT2D eigenvalue weighted by molar-refractivity contribution is 5.83. The van der Waals surface area contributed by atoms with E-state index >= 15 is 0 Å². The van der Waals surface area contributed by atoms with Crippen LogP contribution in [0.1, 0.15) is 27.2 Å². The highest BCUT2D eigenvalue weighted by Gasteiger charge is 2.37. The number of carbonyl (C=O) groups excluding carboxylic acids is 1. The predicted octanol–water partition coefficient (Wildman–Crippen LogP) is 0.308. The number of piperazine rings is 1. The Morgan fingerprint density at radius 3 is 2.60 bits per heavy atom. The summed E-state index contributed by atoms with van der Waals surface area (Å²) in [5.74, 6) is 0.153. The molecule has 15 heavy (non-hydrogen) atoms. The van der Waals surface area contributed by atoms with Crippen LogP contribution in [0.4, 0.5) is 0 Å². The van der Waals surface area contributed by atoms with Gasteiger partial charge >= 0.3 is 0 Å². The first kappa shape index (κ1) is 12.5. The molecule has 2 unspecified atom stereocenters. The summed E-state index contributed by atoms with van der Waals surface area (Å²) in [5.41, 5.74) is 0. The summed E-state index contributed by atoms with van der Waals surface area (Å²) in [6, 6.07) is 0.355. The van der Waals surface area contributed by atoms with E-state index in [0.717, 1.165) is 6.54 Å². The maximum atomic E-state index is 12.2. The van der Waals surface area contributed by atoms with Crippen molar-refractivity contribution in [3.63, 3.8) is 0 Å². The fourth-order valence-corrected chi connectivity index (χ4v) is 2.44. The van der Waals surface area contributed by atoms with Crippen LogP contribution in [0.3, 0.4) is 0 Å². The van der Waals surface area contributed by atoms with Crippen LogP contribution in [-0.2, 0) is 4.79 Å². The van der Waals surface area contributed by atoms with Crippen molar-refractivity contribution in [1.82, 2.24) is 9.80 Å². The molecule has 1 N–H and O–H groups in total. The Labute approximate surface area is 91.9 Å². The van der Waals surface area contributed by atoms with Crippen molar-refractivity contribution in [1.29, 1.82) is 0 Å². The summed E-state index contributed by atoms with van der Waals surface area (Å²) < 4.78 is 0. The second-order valence-electron chi connectivity index (χ2n) is 4.66. The van der Waals surface area contributed by atoms with E-state index < -0.39 is 0 Å². The molecule has 1 rings (SSSR count). The van der Waals surface area contributed by atoms with Gasteiger partial charge in [-0.05, 0) is 34.2 Å². The number of hydrogen-bond acceptors (Lipinski definition) is 3. The monoisotopic (exact) mass is 214 g/mol. The average molecular weight is 214 g/mol. The molecule has 1 aliphatic heterocycles. The first-order valence-corrected chi connectivity index (χ1v) is 5.62. The Morgan fingerprint density at radius 1 is 1.53 bits per heavy atom. The van der Waals surface area contributed by atoms with E-state index in [1.807, 2.05) is 30.7 Å². The van der Waals surface area contributed by atoms with Gasteiger partial charge in [-0.15, -0.1) is 0 Å². The molecular formula is C11H22N2O2. The largest absolute Gasteiger partial charge is 0.396 e. The van der Waals surface area contributed by atoms with Gasteiger partial charge in [-0.1, -0.05) is 0 Å². The number of likely N-dealkylation sites (N-methyl/N-ethyl adjacent to an activating group) is 1. The molecule has 88 valence electrons. The van der Waals surface area contributed by atoms with Crippen molar-refractivity contribution in [2.24, 2.45) is 0 Å². The van der Waals surface area contributed by atoms with Gasteiger partial charge in [0.1, 0.15) is 0 Å². The van der Waals surface area contributed by atoms with E-state index in [0.29, 0.717) is 6.42 Å². The van der Waals surface area contributed by atoms with Crippen molar-refractivity contribution in [2.45, 2.75) is 45.3 Å². The van der Waals surface area contributed by atoms with Gasteiger partial charge in [-0.3, -0.25) is 9.69 Å². The predicted molar refractivity (Wildman–Crippen MR) is 59.6 cm³/mol. The lowest BCUT2D eigenvalue weighted by molar-refractivity contribution is -0.147. The highest BCUT2D eigenvalue weighted by Crippen LogP contribution is 2.19. The van der Waals surface area contributed by atoms with E-state index in [-0.39, 0.29) is 30.6 Å². The molecule has 4 heteroatoms. The molecule has 2 atom stereocenters. The second kappa shape index (κ2) is 4.94. The quantitative estimate of drug-likeness (QED) is 0.735. The number of hydrogen-bond donors (Lipinski definition) is 1. The molecule has 1 heterocycles. The van der Waals surface area contributed by atoms with Gasteiger partial charge < -0.3 is 10.0 Å². The summed E-state index contributed by atoms with van der Waals surface area (Å²) in [4.78, 5) is 16.1. The molecule has 1 aliphatic rings. The molecule has 4 nitrogen and oxygen atoms in total. The van der Waals surface area contributed by atoms with E-state index in [2.05, 4.69) is 6.92 Å². The van der Waals surface area contributed by atoms with Crippen LogP contribution in [-0.4, -0.2) is 59.1 Å². The lowest BCUT2D eigenvalue weighted by atomic mass is 10.0. The molecule has 0 bridgehead atoms. The zero-order valence-electron chi connectivity index (χ0n) is 10.1. The third-order valence-electron chi connectivity index (χ3n) is 3.06. The lowest BCUT2D eigenvalue weighted by Crippen LogP contribution is -2.61. The normalized spacial score (nSPS) is 28.9. The zero-order valence-corrected chi connectivity index (χ0v) is 10.1. The molecule has 1 saturated heterocycles. The molecule has 0 aromatic carbocycles. The maximum absolute atomic E-state index is 12.2. The summed E-state index contributed by atoms with van der Waals surface area (Å²) in [6.45, 7) is 7.10. The first-order valence-electron chi connectivity index (χ1n) is 5.62. The summed E-state index contributed by atoms with van der Waals surface area (Å²) >= 11 is 0. The van der Waals surface area contributed by atoms with Gasteiger partial charge in [-0.25, -0.2) is 0 Å². The van der Waals surface area contributed by atoms with Crippen LogP contribution < -0.4 is 0 Å². The van der Waals surface area contributed by atoms with Gasteiger partial charge in [0.25, 0.3) is 0 Å². The van der Waals surface area contributed by atoms with Crippen LogP contribution in [0.15, 0.2) is 0 Å². The van der Waals surface area contributed by atoms with Crippen molar-refractivity contribution in [3.05, 3.63) is 0 Å². The summed E-state index contributed by atoms with van der Waals surface area (Å²) in [6.07, 6.45) is 0.533. The minimum atomic E-state index is -0.145. The number of rotatable bonds is 3. The maximum Gasteiger partial charge on any atom is 0.240 e. The van der Waals surface area contributed by atoms with E-state index in [1.165, 1.54) is 0 Å². The molecule has 1 fully saturated rings.